The lowest BCUT2D eigenvalue weighted by atomic mass is 10.1. The van der Waals surface area contributed by atoms with Gasteiger partial charge in [0.15, 0.2) is 0 Å². The van der Waals surface area contributed by atoms with Crippen LogP contribution in [0.3, 0.4) is 0 Å². The number of carbonyl (C=O) groups excluding carboxylic acids is 2. The summed E-state index contributed by atoms with van der Waals surface area (Å²) in [5.74, 6) is -0.298. The first kappa shape index (κ1) is 21.1. The summed E-state index contributed by atoms with van der Waals surface area (Å²) in [6.07, 6.45) is -4.65. The molecule has 0 radical (unpaired) electrons. The fourth-order valence-electron chi connectivity index (χ4n) is 2.80. The lowest BCUT2D eigenvalue weighted by molar-refractivity contribution is -0.137. The number of rotatable bonds is 5. The molecule has 2 N–H and O–H groups in total. The Bertz CT molecular complexity index is 904. The van der Waals surface area contributed by atoms with Gasteiger partial charge in [0.05, 0.1) is 24.3 Å². The molecule has 1 aliphatic rings. The number of anilines is 1. The van der Waals surface area contributed by atoms with E-state index in [2.05, 4.69) is 26.6 Å². The van der Waals surface area contributed by atoms with Crippen LogP contribution in [-0.4, -0.2) is 42.9 Å². The molecule has 29 heavy (non-hydrogen) atoms. The van der Waals surface area contributed by atoms with E-state index in [0.29, 0.717) is 18.8 Å². The van der Waals surface area contributed by atoms with Crippen molar-refractivity contribution >= 4 is 33.4 Å². The molecule has 0 spiro atoms. The average molecular weight is 472 g/mol. The molecule has 6 nitrogen and oxygen atoms in total. The number of amides is 2. The predicted molar refractivity (Wildman–Crippen MR) is 104 cm³/mol. The number of ether oxygens (including phenoxy) is 1. The van der Waals surface area contributed by atoms with Crippen LogP contribution >= 0.6 is 15.9 Å². The molecular weight excluding hydrogens is 455 g/mol. The van der Waals surface area contributed by atoms with Crippen LogP contribution in [0.5, 0.6) is 11.5 Å². The van der Waals surface area contributed by atoms with Crippen LogP contribution in [0.1, 0.15) is 5.56 Å². The van der Waals surface area contributed by atoms with Gasteiger partial charge in [0.25, 0.3) is 0 Å². The van der Waals surface area contributed by atoms with E-state index in [0.717, 1.165) is 16.6 Å². The molecule has 2 amide bonds. The molecule has 154 valence electrons. The fourth-order valence-corrected chi connectivity index (χ4v) is 3.06. The first-order valence-corrected chi connectivity index (χ1v) is 9.43. The minimum Gasteiger partial charge on any atom is -0.457 e. The number of benzene rings is 2. The van der Waals surface area contributed by atoms with Gasteiger partial charge in [0.2, 0.25) is 11.8 Å². The van der Waals surface area contributed by atoms with E-state index < -0.39 is 23.3 Å². The number of nitrogens with zero attached hydrogens (tertiary/aromatic N) is 1. The van der Waals surface area contributed by atoms with E-state index in [1.165, 1.54) is 6.07 Å². The summed E-state index contributed by atoms with van der Waals surface area (Å²) in [5, 5.41) is 4.91. The van der Waals surface area contributed by atoms with E-state index in [1.807, 2.05) is 0 Å². The van der Waals surface area contributed by atoms with Crippen LogP contribution in [-0.2, 0) is 15.8 Å². The van der Waals surface area contributed by atoms with Gasteiger partial charge in [-0.2, -0.15) is 13.2 Å². The van der Waals surface area contributed by atoms with E-state index in [9.17, 15) is 22.8 Å². The third-order valence-corrected chi connectivity index (χ3v) is 4.63. The summed E-state index contributed by atoms with van der Waals surface area (Å²) in [4.78, 5) is 25.2. The topological polar surface area (TPSA) is 70.7 Å². The number of hydrogen-bond acceptors (Lipinski definition) is 4. The summed E-state index contributed by atoms with van der Waals surface area (Å²) in [6.45, 7) is 0.656. The van der Waals surface area contributed by atoms with Gasteiger partial charge in [-0.15, -0.1) is 0 Å². The normalized spacial score (nSPS) is 15.0. The standard InChI is InChI=1S/C19H17BrF3N3O3/c20-12-1-3-13(4-2-12)29-14-5-6-15(19(21,22)23)16(9-14)25-18(28)11-26-8-7-24-17(27)10-26/h1-6,9H,7-8,10-11H2,(H,24,27)(H,25,28). The van der Waals surface area contributed by atoms with Crippen LogP contribution in [0.2, 0.25) is 0 Å². The molecule has 0 aromatic heterocycles. The molecule has 0 atom stereocenters. The first-order chi connectivity index (χ1) is 13.7. The zero-order chi connectivity index (χ0) is 21.0. The SMILES string of the molecule is O=C1CN(CC(=O)Nc2cc(Oc3ccc(Br)cc3)ccc2C(F)(F)F)CCN1. The van der Waals surface area contributed by atoms with E-state index in [1.54, 1.807) is 29.2 Å². The van der Waals surface area contributed by atoms with E-state index in [-0.39, 0.29) is 24.7 Å². The molecule has 1 saturated heterocycles. The minimum atomic E-state index is -4.65. The number of alkyl halides is 3. The number of halogens is 4. The van der Waals surface area contributed by atoms with Crippen molar-refractivity contribution in [2.45, 2.75) is 6.18 Å². The molecule has 0 saturated carbocycles. The molecule has 2 aromatic carbocycles. The highest BCUT2D eigenvalue weighted by Crippen LogP contribution is 2.37. The molecule has 1 heterocycles. The molecule has 0 aliphatic carbocycles. The third-order valence-electron chi connectivity index (χ3n) is 4.10. The van der Waals surface area contributed by atoms with Crippen molar-refractivity contribution in [1.29, 1.82) is 0 Å². The summed E-state index contributed by atoms with van der Waals surface area (Å²) in [5.41, 5.74) is -1.39. The zero-order valence-corrected chi connectivity index (χ0v) is 16.6. The zero-order valence-electron chi connectivity index (χ0n) is 15.1. The van der Waals surface area contributed by atoms with Gasteiger partial charge in [-0.3, -0.25) is 14.5 Å². The quantitative estimate of drug-likeness (QED) is 0.698. The molecule has 0 unspecified atom stereocenters. The summed E-state index contributed by atoms with van der Waals surface area (Å²) >= 11 is 3.29. The molecule has 3 rings (SSSR count). The monoisotopic (exact) mass is 471 g/mol. The maximum absolute atomic E-state index is 13.4. The molecular formula is C19H17BrF3N3O3. The fraction of sp³-hybridized carbons (Fsp3) is 0.263. The Morgan fingerprint density at radius 3 is 2.52 bits per heavy atom. The van der Waals surface area contributed by atoms with Crippen molar-refractivity contribution < 1.29 is 27.5 Å². The Kier molecular flexibility index (Phi) is 6.43. The van der Waals surface area contributed by atoms with Crippen molar-refractivity contribution in [1.82, 2.24) is 10.2 Å². The summed E-state index contributed by atoms with van der Waals surface area (Å²) in [6, 6.07) is 9.95. The second-order valence-electron chi connectivity index (χ2n) is 6.37. The summed E-state index contributed by atoms with van der Waals surface area (Å²) < 4.78 is 46.5. The highest BCUT2D eigenvalue weighted by atomic mass is 79.9. The number of hydrogen-bond donors (Lipinski definition) is 2. The molecule has 1 fully saturated rings. The predicted octanol–water partition coefficient (Wildman–Crippen LogP) is 3.63. The Hall–Kier alpha value is -2.59. The Morgan fingerprint density at radius 2 is 1.86 bits per heavy atom. The third kappa shape index (κ3) is 5.94. The Morgan fingerprint density at radius 1 is 1.17 bits per heavy atom. The smallest absolute Gasteiger partial charge is 0.418 e. The van der Waals surface area contributed by atoms with Crippen molar-refractivity contribution in [3.63, 3.8) is 0 Å². The number of piperazine rings is 1. The second-order valence-corrected chi connectivity index (χ2v) is 7.29. The van der Waals surface area contributed by atoms with Gasteiger partial charge < -0.3 is 15.4 Å². The number of nitrogens with one attached hydrogen (secondary N) is 2. The van der Waals surface area contributed by atoms with Crippen molar-refractivity contribution in [2.75, 3.05) is 31.5 Å². The highest BCUT2D eigenvalue weighted by Gasteiger charge is 2.34. The van der Waals surface area contributed by atoms with Gasteiger partial charge in [0.1, 0.15) is 11.5 Å². The minimum absolute atomic E-state index is 0.0201. The van der Waals surface area contributed by atoms with Crippen LogP contribution in [0, 0.1) is 0 Å². The van der Waals surface area contributed by atoms with Gasteiger partial charge in [-0.05, 0) is 36.4 Å². The maximum Gasteiger partial charge on any atom is 0.418 e. The lowest BCUT2D eigenvalue weighted by Gasteiger charge is -2.26. The van der Waals surface area contributed by atoms with Gasteiger partial charge in [-0.1, -0.05) is 15.9 Å². The summed E-state index contributed by atoms with van der Waals surface area (Å²) in [7, 11) is 0. The van der Waals surface area contributed by atoms with Crippen molar-refractivity contribution in [3.8, 4) is 11.5 Å². The van der Waals surface area contributed by atoms with Gasteiger partial charge >= 0.3 is 6.18 Å². The van der Waals surface area contributed by atoms with Crippen LogP contribution in [0.4, 0.5) is 18.9 Å². The molecule has 1 aliphatic heterocycles. The van der Waals surface area contributed by atoms with Gasteiger partial charge in [0, 0.05) is 23.6 Å². The maximum atomic E-state index is 13.4. The lowest BCUT2D eigenvalue weighted by Crippen LogP contribution is -2.49. The highest BCUT2D eigenvalue weighted by molar-refractivity contribution is 9.10. The average Bonchev–Trinajstić information content (AvgIpc) is 2.63. The van der Waals surface area contributed by atoms with Crippen molar-refractivity contribution in [3.05, 3.63) is 52.5 Å². The van der Waals surface area contributed by atoms with E-state index in [4.69, 9.17) is 4.74 Å². The second kappa shape index (κ2) is 8.83. The molecule has 2 aromatic rings. The molecule has 0 bridgehead atoms. The number of carbonyl (C=O) groups is 2. The Balaban J connectivity index is 1.77. The van der Waals surface area contributed by atoms with Gasteiger partial charge in [-0.25, -0.2) is 0 Å². The Labute approximate surface area is 173 Å². The first-order valence-electron chi connectivity index (χ1n) is 8.64. The van der Waals surface area contributed by atoms with Crippen molar-refractivity contribution in [2.24, 2.45) is 0 Å². The van der Waals surface area contributed by atoms with Crippen LogP contribution < -0.4 is 15.4 Å². The van der Waals surface area contributed by atoms with Crippen LogP contribution in [0.15, 0.2) is 46.9 Å². The van der Waals surface area contributed by atoms with Crippen LogP contribution in [0.25, 0.3) is 0 Å². The molecule has 10 heteroatoms. The van der Waals surface area contributed by atoms with E-state index >= 15 is 0 Å². The largest absolute Gasteiger partial charge is 0.457 e.